The molecule has 6 aromatic carbocycles. The highest BCUT2D eigenvalue weighted by atomic mass is 16.8. The van der Waals surface area contributed by atoms with E-state index in [-0.39, 0.29) is 98.9 Å². The minimum Gasteiger partial charge on any atom is -0.394 e. The Balaban J connectivity index is 0.000000185. The van der Waals surface area contributed by atoms with Gasteiger partial charge in [0.1, 0.15) is 30.5 Å². The second kappa shape index (κ2) is 26.8. The number of nitrogens with zero attached hydrogens (tertiary/aromatic N) is 10. The number of ether oxygens (including phenoxy) is 4. The number of hydrogen-bond donors (Lipinski definition) is 2. The summed E-state index contributed by atoms with van der Waals surface area (Å²) in [5.41, 5.74) is 25.3. The van der Waals surface area contributed by atoms with Crippen molar-refractivity contribution in [3.63, 3.8) is 0 Å². The van der Waals surface area contributed by atoms with Gasteiger partial charge in [-0.15, -0.1) is 0 Å². The summed E-state index contributed by atoms with van der Waals surface area (Å²) in [6.45, 7) is 7.45. The van der Waals surface area contributed by atoms with Crippen molar-refractivity contribution in [2.24, 2.45) is 10.2 Å². The van der Waals surface area contributed by atoms with E-state index in [0.717, 1.165) is 39.7 Å². The van der Waals surface area contributed by atoms with Crippen LogP contribution >= 0.6 is 0 Å². The summed E-state index contributed by atoms with van der Waals surface area (Å²) in [5.74, 6) is 8.92. The zero-order valence-electron chi connectivity index (χ0n) is 49.9. The summed E-state index contributed by atoms with van der Waals surface area (Å²) in [5, 5.41) is 28.1. The summed E-state index contributed by atoms with van der Waals surface area (Å²) in [6, 6.07) is 47.4. The van der Waals surface area contributed by atoms with Gasteiger partial charge in [-0.2, -0.15) is 0 Å². The van der Waals surface area contributed by atoms with Gasteiger partial charge in [-0.25, -0.2) is 0 Å². The number of imide groups is 2. The van der Waals surface area contributed by atoms with Crippen molar-refractivity contribution in [1.29, 1.82) is 0 Å². The van der Waals surface area contributed by atoms with Gasteiger partial charge in [0.15, 0.2) is 17.9 Å². The molecule has 6 aliphatic rings. The van der Waals surface area contributed by atoms with Crippen molar-refractivity contribution in [2.45, 2.75) is 106 Å². The van der Waals surface area contributed by atoms with Crippen LogP contribution in [-0.4, -0.2) is 172 Å². The van der Waals surface area contributed by atoms with Crippen LogP contribution in [0.25, 0.3) is 20.9 Å². The second-order valence-electron chi connectivity index (χ2n) is 23.7. The molecule has 0 unspecified atom stereocenters. The fourth-order valence-electron chi connectivity index (χ4n) is 13.2. The molecule has 0 aromatic heterocycles. The number of hydrogen-bond acceptors (Lipinski definition) is 15. The monoisotopic (exact) mass is 1210 g/mol. The normalized spacial score (nSPS) is 25.5. The maximum absolute atomic E-state index is 13.4. The summed E-state index contributed by atoms with van der Waals surface area (Å²) in [6.07, 6.45) is -3.29. The molecule has 4 amide bonds. The average molecular weight is 1210 g/mol. The molecule has 6 heterocycles. The Morgan fingerprint density at radius 3 is 1.23 bits per heavy atom. The molecular weight excluding hydrogens is 1140 g/mol. The number of fused-ring (bicyclic) bond motifs is 2. The molecule has 0 bridgehead atoms. The van der Waals surface area contributed by atoms with Crippen LogP contribution in [0, 0.1) is 23.7 Å². The first kappa shape index (κ1) is 62.3. The van der Waals surface area contributed by atoms with Crippen molar-refractivity contribution in [3.05, 3.63) is 234 Å². The van der Waals surface area contributed by atoms with Gasteiger partial charge in [0, 0.05) is 107 Å². The highest BCUT2D eigenvalue weighted by Gasteiger charge is 2.56. The van der Waals surface area contributed by atoms with Gasteiger partial charge in [-0.1, -0.05) is 119 Å². The molecule has 4 saturated heterocycles. The molecule has 12 rings (SSSR count). The number of azide groups is 2. The van der Waals surface area contributed by atoms with E-state index in [1.54, 1.807) is 76.2 Å². The molecule has 4 fully saturated rings. The maximum Gasteiger partial charge on any atom is 0.261 e. The zero-order chi connectivity index (χ0) is 63.3. The highest BCUT2D eigenvalue weighted by molar-refractivity contribution is 6.22. The Morgan fingerprint density at radius 2 is 0.856 bits per heavy atom. The Bertz CT molecular complexity index is 3840. The molecule has 0 saturated carbocycles. The number of carbonyl (C=O) groups is 5. The summed E-state index contributed by atoms with van der Waals surface area (Å²) >= 11 is 0. The molecule has 90 heavy (non-hydrogen) atoms. The Morgan fingerprint density at radius 1 is 0.500 bits per heavy atom. The fourth-order valence-corrected chi connectivity index (χ4v) is 13.2. The first-order valence-electron chi connectivity index (χ1n) is 29.7. The molecule has 21 nitrogen and oxygen atoms in total. The van der Waals surface area contributed by atoms with Crippen LogP contribution in [0.1, 0.15) is 114 Å². The lowest BCUT2D eigenvalue weighted by Gasteiger charge is -2.57. The molecule has 21 heteroatoms. The van der Waals surface area contributed by atoms with Crippen molar-refractivity contribution >= 4 is 29.9 Å². The van der Waals surface area contributed by atoms with Gasteiger partial charge >= 0.3 is 0 Å². The van der Waals surface area contributed by atoms with E-state index in [4.69, 9.17) is 18.9 Å². The van der Waals surface area contributed by atoms with E-state index in [1.807, 2.05) is 109 Å². The Hall–Kier alpha value is -9.31. The van der Waals surface area contributed by atoms with Gasteiger partial charge < -0.3 is 34.0 Å². The van der Waals surface area contributed by atoms with E-state index in [1.165, 1.54) is 9.80 Å². The Labute approximate surface area is 520 Å². The highest BCUT2D eigenvalue weighted by Crippen LogP contribution is 2.46. The molecule has 0 aliphatic carbocycles. The number of carbonyl (C=O) groups excluding carboxylic acids is 5. The molecule has 11 atom stereocenters. The van der Waals surface area contributed by atoms with Crippen LogP contribution in [-0.2, 0) is 23.7 Å². The average Bonchev–Trinajstić information content (AvgIpc) is 1.02. The fraction of sp³-hybridized carbons (Fsp3) is 0.348. The second-order valence-corrected chi connectivity index (χ2v) is 23.7. The number of aliphatic hydroxyl groups is 2. The third kappa shape index (κ3) is 13.1. The lowest BCUT2D eigenvalue weighted by atomic mass is 9.74. The molecular formula is C69H66N10O11. The van der Waals surface area contributed by atoms with Crippen LogP contribution in [0.15, 0.2) is 168 Å². The van der Waals surface area contributed by atoms with Crippen LogP contribution in [0.2, 0.25) is 0 Å². The topological polar surface area (TPSA) is 273 Å². The molecule has 458 valence electrons. The van der Waals surface area contributed by atoms with Crippen LogP contribution in [0.3, 0.4) is 0 Å². The largest absolute Gasteiger partial charge is 0.394 e. The summed E-state index contributed by atoms with van der Waals surface area (Å²) in [4.78, 5) is 78.2. The maximum atomic E-state index is 13.4. The quantitative estimate of drug-likeness (QED) is 0.0218. The third-order valence-electron chi connectivity index (χ3n) is 17.3. The van der Waals surface area contributed by atoms with Gasteiger partial charge in [-0.3, -0.25) is 38.8 Å². The number of aldehydes is 1. The van der Waals surface area contributed by atoms with E-state index in [2.05, 4.69) is 53.5 Å². The lowest BCUT2D eigenvalue weighted by molar-refractivity contribution is -0.160. The third-order valence-corrected chi connectivity index (χ3v) is 17.3. The van der Waals surface area contributed by atoms with Crippen LogP contribution < -0.4 is 0 Å². The number of rotatable bonds is 17. The predicted molar refractivity (Wildman–Crippen MR) is 330 cm³/mol. The number of likely N-dealkylation sites (tertiary alicyclic amines) is 2. The van der Waals surface area contributed by atoms with Crippen molar-refractivity contribution < 1.29 is 53.1 Å². The Kier molecular flexibility index (Phi) is 18.6. The minimum atomic E-state index is -1.18. The van der Waals surface area contributed by atoms with E-state index < -0.39 is 48.7 Å². The van der Waals surface area contributed by atoms with E-state index in [0.29, 0.717) is 22.3 Å². The van der Waals surface area contributed by atoms with Crippen molar-refractivity contribution in [3.8, 4) is 23.7 Å². The van der Waals surface area contributed by atoms with Crippen LogP contribution in [0.4, 0.5) is 0 Å². The first-order valence-corrected chi connectivity index (χ1v) is 29.7. The minimum absolute atomic E-state index is 0.0868. The lowest BCUT2D eigenvalue weighted by Crippen LogP contribution is -2.68. The number of benzene rings is 6. The van der Waals surface area contributed by atoms with Gasteiger partial charge in [0.25, 0.3) is 23.6 Å². The predicted octanol–water partition coefficient (Wildman–Crippen LogP) is 8.25. The summed E-state index contributed by atoms with van der Waals surface area (Å²) in [7, 11) is 0. The molecule has 0 spiro atoms. The SMILES string of the molecule is CC1(C)O[C@@H](CN2[C@H](CN3C(=O)c4ccccc4C3=O)[C@H](c3ccc(C#Cc4ccccc4)cc3)[C@@H]2CN=[N+]=[N-])[C@@H](C=O)O1.CC1(C)O[C@H]([C@H](O)CO)[C@H](CN2[C@H](CN3C(=O)c4ccccc4C3=O)[C@H](c3ccc(C#Cc4ccccc4)cc3)[C@@H]2CN=[N+]=[N-])O1. The standard InChI is InChI=1S/C35H35N5O6.C34H31N5O5/c1-35(2)45-30(32(46-35)29(42)21-41)20-39-27(18-37-38-36)31(24-16-14-23(15-17-24)13-12-22-8-4-3-5-9-22)28(39)19-40-33(43)25-10-6-7-11-26(25)34(40)44;1-34(2)43-29(30(21-40)44-34)20-38-27(18-36-37-35)31(24-16-14-23(15-17-24)13-12-22-8-4-3-5-9-22)28(38)19-39-32(41)25-10-6-7-11-26(25)33(39)42/h3-11,14-17,27-32,41-42H,18-21H2,1-2H3;3-11,14-17,21,27-31H,18-20H2,1-2H3/t27-,28+,29+,30-,31+,32+;27-,28+,29-,30+,31+/m00/s1. The molecule has 6 aliphatic heterocycles. The van der Waals surface area contributed by atoms with E-state index >= 15 is 0 Å². The van der Waals surface area contributed by atoms with Gasteiger partial charge in [-0.05, 0) is 123 Å². The zero-order valence-corrected chi connectivity index (χ0v) is 49.9. The van der Waals surface area contributed by atoms with Crippen molar-refractivity contribution in [2.75, 3.05) is 45.9 Å². The van der Waals surface area contributed by atoms with Crippen LogP contribution in [0.5, 0.6) is 0 Å². The number of amides is 4. The molecule has 6 aromatic rings. The smallest absolute Gasteiger partial charge is 0.261 e. The number of aliphatic hydroxyl groups excluding tert-OH is 2. The van der Waals surface area contributed by atoms with E-state index in [9.17, 15) is 45.2 Å². The molecule has 0 radical (unpaired) electrons. The van der Waals surface area contributed by atoms with Gasteiger partial charge in [0.2, 0.25) is 0 Å². The molecule has 2 N–H and O–H groups in total. The summed E-state index contributed by atoms with van der Waals surface area (Å²) < 4.78 is 24.0. The van der Waals surface area contributed by atoms with Gasteiger partial charge in [0.05, 0.1) is 28.9 Å². The van der Waals surface area contributed by atoms with Crippen molar-refractivity contribution in [1.82, 2.24) is 19.6 Å². The first-order chi connectivity index (χ1) is 43.5.